The number of benzene rings is 3. The Kier molecular flexibility index (Phi) is 5.12. The summed E-state index contributed by atoms with van der Waals surface area (Å²) >= 11 is 1.37. The minimum Gasteiger partial charge on any atom is -0.492 e. The van der Waals surface area contributed by atoms with E-state index in [-0.39, 0.29) is 27.0 Å². The lowest BCUT2D eigenvalue weighted by molar-refractivity contribution is 0.320. The molecule has 4 rings (SSSR count). The van der Waals surface area contributed by atoms with Gasteiger partial charge in [0, 0.05) is 21.7 Å². The van der Waals surface area contributed by atoms with E-state index in [2.05, 4.69) is 0 Å². The van der Waals surface area contributed by atoms with Gasteiger partial charge in [-0.05, 0) is 24.1 Å². The molecule has 1 N–H and O–H groups in total. The smallest absolute Gasteiger partial charge is 0.295 e. The van der Waals surface area contributed by atoms with Gasteiger partial charge >= 0.3 is 0 Å². The number of ether oxygens (including phenoxy) is 1. The normalized spacial score (nSPS) is 11.8. The molecule has 29 heavy (non-hydrogen) atoms. The molecule has 0 amide bonds. The Morgan fingerprint density at radius 1 is 1.03 bits per heavy atom. The van der Waals surface area contributed by atoms with Crippen molar-refractivity contribution in [2.75, 3.05) is 6.61 Å². The predicted molar refractivity (Wildman–Crippen MR) is 117 cm³/mol. The molecule has 7 heteroatoms. The highest BCUT2D eigenvalue weighted by molar-refractivity contribution is 7.86. The third-order valence-electron chi connectivity index (χ3n) is 4.58. The molecule has 0 saturated heterocycles. The van der Waals surface area contributed by atoms with Crippen molar-refractivity contribution in [2.45, 2.75) is 18.2 Å². The molecular formula is C22H18O5S2. The van der Waals surface area contributed by atoms with Gasteiger partial charge in [-0.2, -0.15) is 8.42 Å². The van der Waals surface area contributed by atoms with Crippen LogP contribution in [0.25, 0.3) is 31.3 Å². The fourth-order valence-corrected chi connectivity index (χ4v) is 5.22. The lowest BCUT2D eigenvalue weighted by Gasteiger charge is -2.16. The first kappa shape index (κ1) is 19.6. The van der Waals surface area contributed by atoms with Crippen molar-refractivity contribution >= 4 is 41.6 Å². The Morgan fingerprint density at radius 3 is 2.41 bits per heavy atom. The van der Waals surface area contributed by atoms with E-state index in [9.17, 15) is 17.8 Å². The summed E-state index contributed by atoms with van der Waals surface area (Å²) < 4.78 is 41.6. The van der Waals surface area contributed by atoms with Gasteiger partial charge in [-0.3, -0.25) is 9.35 Å². The van der Waals surface area contributed by atoms with E-state index in [0.29, 0.717) is 28.7 Å². The zero-order chi connectivity index (χ0) is 20.6. The standard InChI is InChI=1S/C22H18O5S2/c1-2-12-27-16-13-18(29(24,25)26)19(14-8-4-3-5-9-14)20-21(23)15-10-6-7-11-17(15)28-22(16)20/h3-11,13H,2,12H2,1H3,(H,24,25,26). The number of hydrogen-bond donors (Lipinski definition) is 1. The fourth-order valence-electron chi connectivity index (χ4n) is 3.34. The summed E-state index contributed by atoms with van der Waals surface area (Å²) in [5, 5.41) is 0.734. The summed E-state index contributed by atoms with van der Waals surface area (Å²) in [4.78, 5) is 13.1. The summed E-state index contributed by atoms with van der Waals surface area (Å²) in [6.07, 6.45) is 0.714. The van der Waals surface area contributed by atoms with Crippen molar-refractivity contribution in [3.8, 4) is 16.9 Å². The lowest BCUT2D eigenvalue weighted by Crippen LogP contribution is -2.09. The van der Waals surface area contributed by atoms with Crippen LogP contribution in [0.3, 0.4) is 0 Å². The van der Waals surface area contributed by atoms with Gasteiger partial charge in [0.25, 0.3) is 10.1 Å². The largest absolute Gasteiger partial charge is 0.492 e. The van der Waals surface area contributed by atoms with Crippen LogP contribution >= 0.6 is 11.3 Å². The highest BCUT2D eigenvalue weighted by atomic mass is 32.2. The second-order valence-corrected chi connectivity index (χ2v) is 9.01. The van der Waals surface area contributed by atoms with Crippen LogP contribution in [-0.4, -0.2) is 19.6 Å². The molecule has 1 aromatic heterocycles. The summed E-state index contributed by atoms with van der Waals surface area (Å²) in [7, 11) is -4.60. The summed E-state index contributed by atoms with van der Waals surface area (Å²) in [6.45, 7) is 2.29. The molecule has 5 nitrogen and oxygen atoms in total. The average molecular weight is 427 g/mol. The highest BCUT2D eigenvalue weighted by Crippen LogP contribution is 2.42. The Morgan fingerprint density at radius 2 is 1.72 bits per heavy atom. The zero-order valence-electron chi connectivity index (χ0n) is 15.6. The molecule has 0 fully saturated rings. The maximum Gasteiger partial charge on any atom is 0.295 e. The second kappa shape index (κ2) is 7.59. The molecule has 148 valence electrons. The van der Waals surface area contributed by atoms with Gasteiger partial charge in [-0.1, -0.05) is 49.4 Å². The first-order valence-electron chi connectivity index (χ1n) is 9.10. The van der Waals surface area contributed by atoms with Crippen LogP contribution in [0, 0.1) is 0 Å². The molecule has 0 unspecified atom stereocenters. The quantitative estimate of drug-likeness (QED) is 0.354. The maximum absolute atomic E-state index is 13.5. The molecule has 0 aliphatic carbocycles. The van der Waals surface area contributed by atoms with Crippen LogP contribution < -0.4 is 10.2 Å². The van der Waals surface area contributed by atoms with Crippen molar-refractivity contribution < 1.29 is 17.7 Å². The molecule has 0 bridgehead atoms. The molecule has 4 aromatic rings. The third kappa shape index (κ3) is 3.53. The van der Waals surface area contributed by atoms with E-state index in [1.54, 1.807) is 42.5 Å². The van der Waals surface area contributed by atoms with Gasteiger partial charge in [0.05, 0.1) is 16.7 Å². The number of hydrogen-bond acceptors (Lipinski definition) is 5. The summed E-state index contributed by atoms with van der Waals surface area (Å²) in [5.74, 6) is 0.280. The molecule has 1 heterocycles. The molecular weight excluding hydrogens is 408 g/mol. The zero-order valence-corrected chi connectivity index (χ0v) is 17.2. The van der Waals surface area contributed by atoms with Gasteiger partial charge < -0.3 is 4.74 Å². The Balaban J connectivity index is 2.27. The van der Waals surface area contributed by atoms with Crippen LogP contribution in [0.5, 0.6) is 5.75 Å². The van der Waals surface area contributed by atoms with Crippen LogP contribution in [0.4, 0.5) is 0 Å². The van der Waals surface area contributed by atoms with Crippen molar-refractivity contribution in [3.63, 3.8) is 0 Å². The SMILES string of the molecule is CCCOc1cc(S(=O)(=O)O)c(-c2ccccc2)c2c(=O)c3ccccc3sc12. The minimum absolute atomic E-state index is 0.193. The van der Waals surface area contributed by atoms with E-state index in [1.807, 2.05) is 19.1 Å². The van der Waals surface area contributed by atoms with E-state index in [4.69, 9.17) is 4.74 Å². The Bertz CT molecular complexity index is 1370. The molecule has 3 aromatic carbocycles. The highest BCUT2D eigenvalue weighted by Gasteiger charge is 2.25. The molecule has 0 aliphatic rings. The molecule has 0 radical (unpaired) electrons. The molecule has 0 spiro atoms. The van der Waals surface area contributed by atoms with Gasteiger partial charge in [-0.25, -0.2) is 0 Å². The van der Waals surface area contributed by atoms with Crippen LogP contribution in [0.1, 0.15) is 13.3 Å². The van der Waals surface area contributed by atoms with Gasteiger partial charge in [0.1, 0.15) is 10.6 Å². The lowest BCUT2D eigenvalue weighted by atomic mass is 10.00. The summed E-state index contributed by atoms with van der Waals surface area (Å²) in [5.41, 5.74) is 0.436. The first-order chi connectivity index (χ1) is 13.9. The molecule has 0 aliphatic heterocycles. The van der Waals surface area contributed by atoms with Crippen molar-refractivity contribution in [1.82, 2.24) is 0 Å². The minimum atomic E-state index is -4.60. The topological polar surface area (TPSA) is 80.7 Å². The van der Waals surface area contributed by atoms with Crippen LogP contribution in [0.15, 0.2) is 70.4 Å². The molecule has 0 atom stereocenters. The fraction of sp³-hybridized carbons (Fsp3) is 0.136. The molecule has 0 saturated carbocycles. The van der Waals surface area contributed by atoms with Gasteiger partial charge in [0.15, 0.2) is 5.43 Å². The van der Waals surface area contributed by atoms with Gasteiger partial charge in [-0.15, -0.1) is 11.3 Å². The first-order valence-corrected chi connectivity index (χ1v) is 11.4. The van der Waals surface area contributed by atoms with E-state index >= 15 is 0 Å². The third-order valence-corrected chi connectivity index (χ3v) is 6.65. The van der Waals surface area contributed by atoms with Crippen molar-refractivity contribution in [1.29, 1.82) is 0 Å². The predicted octanol–water partition coefficient (Wildman–Crippen LogP) is 5.12. The van der Waals surface area contributed by atoms with Crippen LogP contribution in [-0.2, 0) is 10.1 Å². The van der Waals surface area contributed by atoms with E-state index in [1.165, 1.54) is 17.4 Å². The Hall–Kier alpha value is -2.74. The monoisotopic (exact) mass is 426 g/mol. The average Bonchev–Trinajstić information content (AvgIpc) is 2.72. The van der Waals surface area contributed by atoms with E-state index < -0.39 is 10.1 Å². The maximum atomic E-state index is 13.5. The van der Waals surface area contributed by atoms with Gasteiger partial charge in [0.2, 0.25) is 0 Å². The summed E-state index contributed by atoms with van der Waals surface area (Å²) in [6, 6.07) is 17.3. The number of fused-ring (bicyclic) bond motifs is 2. The Labute approximate surface area is 172 Å². The number of rotatable bonds is 5. The van der Waals surface area contributed by atoms with Crippen LogP contribution in [0.2, 0.25) is 0 Å². The van der Waals surface area contributed by atoms with Crippen molar-refractivity contribution in [2.24, 2.45) is 0 Å². The second-order valence-electron chi connectivity index (χ2n) is 6.57. The van der Waals surface area contributed by atoms with Crippen molar-refractivity contribution in [3.05, 3.63) is 70.9 Å². The van der Waals surface area contributed by atoms with E-state index in [0.717, 1.165) is 4.70 Å².